The summed E-state index contributed by atoms with van der Waals surface area (Å²) >= 11 is 5.20. The van der Waals surface area contributed by atoms with Crippen LogP contribution < -0.4 is 10.6 Å². The highest BCUT2D eigenvalue weighted by molar-refractivity contribution is 7.80. The van der Waals surface area contributed by atoms with E-state index >= 15 is 0 Å². The van der Waals surface area contributed by atoms with Crippen LogP contribution in [0.2, 0.25) is 0 Å². The predicted molar refractivity (Wildman–Crippen MR) is 81.8 cm³/mol. The molecule has 0 unspecified atom stereocenters. The third-order valence-electron chi connectivity index (χ3n) is 3.62. The van der Waals surface area contributed by atoms with Crippen molar-refractivity contribution in [3.8, 4) is 0 Å². The fraction of sp³-hybridized carbons (Fsp3) is 0.533. The first-order valence-electron chi connectivity index (χ1n) is 7.18. The molecule has 20 heavy (non-hydrogen) atoms. The van der Waals surface area contributed by atoms with Gasteiger partial charge in [-0.05, 0) is 37.2 Å². The van der Waals surface area contributed by atoms with Crippen LogP contribution in [0.1, 0.15) is 44.9 Å². The van der Waals surface area contributed by atoms with Gasteiger partial charge in [0.1, 0.15) is 11.6 Å². The van der Waals surface area contributed by atoms with E-state index in [9.17, 15) is 8.78 Å². The van der Waals surface area contributed by atoms with Crippen molar-refractivity contribution in [3.63, 3.8) is 0 Å². The average molecular weight is 298 g/mol. The number of benzene rings is 1. The Kier molecular flexibility index (Phi) is 5.71. The van der Waals surface area contributed by atoms with Gasteiger partial charge in [-0.25, -0.2) is 8.78 Å². The molecule has 5 heteroatoms. The lowest BCUT2D eigenvalue weighted by Gasteiger charge is -2.23. The normalized spacial score (nSPS) is 17.1. The highest BCUT2D eigenvalue weighted by Crippen LogP contribution is 2.18. The fourth-order valence-corrected chi connectivity index (χ4v) is 2.81. The Hall–Kier alpha value is -1.23. The van der Waals surface area contributed by atoms with Crippen molar-refractivity contribution in [1.29, 1.82) is 0 Å². The molecule has 1 aliphatic carbocycles. The van der Waals surface area contributed by atoms with Crippen molar-refractivity contribution in [2.45, 2.75) is 51.0 Å². The Morgan fingerprint density at radius 3 is 2.35 bits per heavy atom. The molecule has 0 spiro atoms. The molecule has 1 saturated carbocycles. The molecular weight excluding hydrogens is 278 g/mol. The second kappa shape index (κ2) is 7.53. The molecule has 1 aromatic rings. The zero-order valence-corrected chi connectivity index (χ0v) is 12.2. The molecule has 0 radical (unpaired) electrons. The van der Waals surface area contributed by atoms with Gasteiger partial charge in [-0.1, -0.05) is 32.1 Å². The van der Waals surface area contributed by atoms with Crippen LogP contribution in [0.25, 0.3) is 0 Å². The van der Waals surface area contributed by atoms with Crippen molar-refractivity contribution < 1.29 is 8.78 Å². The van der Waals surface area contributed by atoms with Gasteiger partial charge in [0.15, 0.2) is 5.11 Å². The monoisotopic (exact) mass is 298 g/mol. The van der Waals surface area contributed by atoms with E-state index in [1.807, 2.05) is 0 Å². The van der Waals surface area contributed by atoms with E-state index in [1.165, 1.54) is 44.2 Å². The van der Waals surface area contributed by atoms with Crippen LogP contribution in [0.3, 0.4) is 0 Å². The van der Waals surface area contributed by atoms with Crippen LogP contribution >= 0.6 is 12.2 Å². The summed E-state index contributed by atoms with van der Waals surface area (Å²) in [7, 11) is 0. The second-order valence-electron chi connectivity index (χ2n) is 5.26. The van der Waals surface area contributed by atoms with Crippen molar-refractivity contribution in [1.82, 2.24) is 5.32 Å². The zero-order chi connectivity index (χ0) is 14.4. The Bertz CT molecular complexity index is 457. The maximum atomic E-state index is 13.5. The van der Waals surface area contributed by atoms with Crippen LogP contribution in [0, 0.1) is 11.6 Å². The van der Waals surface area contributed by atoms with E-state index in [0.717, 1.165) is 18.9 Å². The molecule has 0 saturated heterocycles. The number of hydrogen-bond acceptors (Lipinski definition) is 1. The molecule has 0 amide bonds. The van der Waals surface area contributed by atoms with E-state index in [-0.39, 0.29) is 5.69 Å². The molecule has 2 rings (SSSR count). The van der Waals surface area contributed by atoms with Crippen molar-refractivity contribution in [2.24, 2.45) is 0 Å². The summed E-state index contributed by atoms with van der Waals surface area (Å²) in [5.41, 5.74) is 0.203. The number of hydrogen-bond donors (Lipinski definition) is 2. The Balaban J connectivity index is 1.87. The average Bonchev–Trinajstić information content (AvgIpc) is 2.36. The third kappa shape index (κ3) is 4.71. The van der Waals surface area contributed by atoms with Crippen LogP contribution in [0.15, 0.2) is 18.2 Å². The molecular formula is C15H20F2N2S. The maximum absolute atomic E-state index is 13.5. The van der Waals surface area contributed by atoms with E-state index in [1.54, 1.807) is 0 Å². The lowest BCUT2D eigenvalue weighted by atomic mass is 9.97. The van der Waals surface area contributed by atoms with Gasteiger partial charge in [-0.15, -0.1) is 0 Å². The summed E-state index contributed by atoms with van der Waals surface area (Å²) < 4.78 is 26.3. The first kappa shape index (κ1) is 15.2. The lowest BCUT2D eigenvalue weighted by Crippen LogP contribution is -2.38. The third-order valence-corrected chi connectivity index (χ3v) is 3.84. The molecule has 0 heterocycles. The van der Waals surface area contributed by atoms with Gasteiger partial charge in [0.2, 0.25) is 0 Å². The SMILES string of the molecule is Fc1ccc(NC(=S)NC2CCCCCCC2)c(F)c1. The predicted octanol–water partition coefficient (Wildman–Crippen LogP) is 4.36. The van der Waals surface area contributed by atoms with Gasteiger partial charge in [-0.3, -0.25) is 0 Å². The minimum Gasteiger partial charge on any atom is -0.360 e. The molecule has 1 aromatic carbocycles. The highest BCUT2D eigenvalue weighted by atomic mass is 32.1. The Morgan fingerprint density at radius 2 is 1.70 bits per heavy atom. The standard InChI is InChI=1S/C15H20F2N2S/c16-11-8-9-14(13(17)10-11)19-15(20)18-12-6-4-2-1-3-5-7-12/h8-10,12H,1-7H2,(H2,18,19,20). The smallest absolute Gasteiger partial charge is 0.171 e. The minimum atomic E-state index is -0.633. The maximum Gasteiger partial charge on any atom is 0.171 e. The van der Waals surface area contributed by atoms with Gasteiger partial charge in [-0.2, -0.15) is 0 Å². The van der Waals surface area contributed by atoms with Crippen LogP contribution in [0.4, 0.5) is 14.5 Å². The molecule has 1 fully saturated rings. The summed E-state index contributed by atoms with van der Waals surface area (Å²) in [6.07, 6.45) is 8.43. The Labute approximate surface area is 123 Å². The molecule has 0 atom stereocenters. The van der Waals surface area contributed by atoms with Crippen molar-refractivity contribution in [2.75, 3.05) is 5.32 Å². The van der Waals surface area contributed by atoms with Crippen LogP contribution in [-0.4, -0.2) is 11.2 Å². The molecule has 0 bridgehead atoms. The van der Waals surface area contributed by atoms with E-state index in [0.29, 0.717) is 11.2 Å². The number of halogens is 2. The molecule has 110 valence electrons. The largest absolute Gasteiger partial charge is 0.360 e. The quantitative estimate of drug-likeness (QED) is 0.793. The van der Waals surface area contributed by atoms with E-state index in [2.05, 4.69) is 10.6 Å². The summed E-state index contributed by atoms with van der Waals surface area (Å²) in [5.74, 6) is -1.22. The van der Waals surface area contributed by atoms with Crippen LogP contribution in [0.5, 0.6) is 0 Å². The molecule has 1 aliphatic rings. The summed E-state index contributed by atoms with van der Waals surface area (Å²) in [4.78, 5) is 0. The summed E-state index contributed by atoms with van der Waals surface area (Å²) in [6.45, 7) is 0. The molecule has 2 N–H and O–H groups in total. The van der Waals surface area contributed by atoms with Crippen molar-refractivity contribution >= 4 is 23.0 Å². The van der Waals surface area contributed by atoms with E-state index < -0.39 is 11.6 Å². The second-order valence-corrected chi connectivity index (χ2v) is 5.67. The molecule has 0 aromatic heterocycles. The van der Waals surface area contributed by atoms with E-state index in [4.69, 9.17) is 12.2 Å². The minimum absolute atomic E-state index is 0.203. The number of anilines is 1. The van der Waals surface area contributed by atoms with Crippen LogP contribution in [-0.2, 0) is 0 Å². The summed E-state index contributed by atoms with van der Waals surface area (Å²) in [5, 5.41) is 6.44. The Morgan fingerprint density at radius 1 is 1.05 bits per heavy atom. The van der Waals surface area contributed by atoms with Gasteiger partial charge < -0.3 is 10.6 Å². The molecule has 2 nitrogen and oxygen atoms in total. The highest BCUT2D eigenvalue weighted by Gasteiger charge is 2.13. The fourth-order valence-electron chi connectivity index (χ4n) is 2.54. The topological polar surface area (TPSA) is 24.1 Å². The molecule has 0 aliphatic heterocycles. The summed E-state index contributed by atoms with van der Waals surface area (Å²) in [6, 6.07) is 3.76. The van der Waals surface area contributed by atoms with Crippen molar-refractivity contribution in [3.05, 3.63) is 29.8 Å². The first-order valence-corrected chi connectivity index (χ1v) is 7.58. The number of thiocarbonyl (C=S) groups is 1. The van der Waals surface area contributed by atoms with Gasteiger partial charge >= 0.3 is 0 Å². The van der Waals surface area contributed by atoms with Gasteiger partial charge in [0.25, 0.3) is 0 Å². The zero-order valence-electron chi connectivity index (χ0n) is 11.4. The lowest BCUT2D eigenvalue weighted by molar-refractivity contribution is 0.429. The van der Waals surface area contributed by atoms with Gasteiger partial charge in [0, 0.05) is 12.1 Å². The van der Waals surface area contributed by atoms with Gasteiger partial charge in [0.05, 0.1) is 5.69 Å². The number of rotatable bonds is 2. The first-order chi connectivity index (χ1) is 9.65. The number of nitrogens with one attached hydrogen (secondary N) is 2.